The van der Waals surface area contributed by atoms with E-state index in [0.29, 0.717) is 6.16 Å². The first-order valence-electron chi connectivity index (χ1n) is 10.4. The summed E-state index contributed by atoms with van der Waals surface area (Å²) in [6.45, 7) is 0.247. The summed E-state index contributed by atoms with van der Waals surface area (Å²) in [5.74, 6) is 0.773. The fourth-order valence-corrected chi connectivity index (χ4v) is 13.2. The molecule has 4 rings (SSSR count). The van der Waals surface area contributed by atoms with Crippen LogP contribution < -0.4 is 20.7 Å². The number of ether oxygens (including phenoxy) is 1. The minimum absolute atomic E-state index is 0.247. The number of rotatable bonds is 8. The molecule has 1 N–H and O–H groups in total. The van der Waals surface area contributed by atoms with Gasteiger partial charge < -0.3 is 0 Å². The van der Waals surface area contributed by atoms with Gasteiger partial charge in [-0.3, -0.25) is 0 Å². The van der Waals surface area contributed by atoms with Crippen LogP contribution in [0.5, 0.6) is 5.75 Å². The molecule has 0 aromatic heterocycles. The molecule has 0 aliphatic heterocycles. The van der Waals surface area contributed by atoms with E-state index in [-0.39, 0.29) is 6.61 Å². The van der Waals surface area contributed by atoms with Crippen LogP contribution in [0, 0.1) is 0 Å². The standard InChI is InChI=1S/C27H26IO2P/c28-31(25-15-7-2-8-16-25,26-17-9-3-10-18-26,27-19-11-4-12-20-27)22-23(29)21-30-24-13-5-1-6-14-24/h1-20,23,29H,21-22H2/t23-/m0/s1. The molecular formula is C27H26IO2P. The van der Waals surface area contributed by atoms with E-state index in [1.54, 1.807) is 0 Å². The van der Waals surface area contributed by atoms with E-state index in [4.69, 9.17) is 4.74 Å². The number of hydrogen-bond acceptors (Lipinski definition) is 2. The first kappa shape index (κ1) is 22.0. The maximum absolute atomic E-state index is 11.3. The summed E-state index contributed by atoms with van der Waals surface area (Å²) in [6.07, 6.45) is -0.0350. The first-order valence-corrected chi connectivity index (χ1v) is 15.6. The van der Waals surface area contributed by atoms with Crippen molar-refractivity contribution in [3.05, 3.63) is 121 Å². The van der Waals surface area contributed by atoms with Crippen LogP contribution in [0.2, 0.25) is 0 Å². The normalized spacial score (nSPS) is 13.7. The summed E-state index contributed by atoms with van der Waals surface area (Å²) in [7, 11) is 0. The Morgan fingerprint density at radius 2 is 0.968 bits per heavy atom. The Balaban J connectivity index is 1.82. The molecule has 158 valence electrons. The van der Waals surface area contributed by atoms with Gasteiger partial charge in [0.1, 0.15) is 0 Å². The predicted molar refractivity (Wildman–Crippen MR) is 142 cm³/mol. The third-order valence-electron chi connectivity index (χ3n) is 5.62. The van der Waals surface area contributed by atoms with Gasteiger partial charge in [-0.15, -0.1) is 0 Å². The second-order valence-electron chi connectivity index (χ2n) is 7.65. The first-order chi connectivity index (χ1) is 15.1. The Hall–Kier alpha value is -2.20. The number of aliphatic hydroxyl groups excluding tert-OH is 1. The van der Waals surface area contributed by atoms with Gasteiger partial charge in [-0.1, -0.05) is 0 Å². The fraction of sp³-hybridized carbons (Fsp3) is 0.111. The van der Waals surface area contributed by atoms with E-state index >= 15 is 0 Å². The van der Waals surface area contributed by atoms with Gasteiger partial charge in [-0.25, -0.2) is 0 Å². The van der Waals surface area contributed by atoms with Gasteiger partial charge in [0.05, 0.1) is 0 Å². The molecule has 0 fully saturated rings. The van der Waals surface area contributed by atoms with Crippen molar-refractivity contribution in [3.63, 3.8) is 0 Å². The van der Waals surface area contributed by atoms with E-state index in [1.807, 2.05) is 48.5 Å². The molecule has 0 amide bonds. The molecule has 0 saturated carbocycles. The van der Waals surface area contributed by atoms with Crippen molar-refractivity contribution in [2.45, 2.75) is 6.10 Å². The molecule has 4 heteroatoms. The molecule has 0 unspecified atom stereocenters. The Morgan fingerprint density at radius 3 is 1.35 bits per heavy atom. The zero-order valence-electron chi connectivity index (χ0n) is 17.2. The predicted octanol–water partition coefficient (Wildman–Crippen LogP) is 5.31. The molecule has 1 atom stereocenters. The number of aliphatic hydroxyl groups is 1. The van der Waals surface area contributed by atoms with Crippen molar-refractivity contribution in [1.82, 2.24) is 0 Å². The fourth-order valence-electron chi connectivity index (χ4n) is 4.14. The van der Waals surface area contributed by atoms with Crippen LogP contribution in [-0.2, 0) is 0 Å². The molecule has 4 aromatic rings. The topological polar surface area (TPSA) is 29.5 Å². The van der Waals surface area contributed by atoms with Gasteiger partial charge in [0.2, 0.25) is 0 Å². The van der Waals surface area contributed by atoms with Crippen LogP contribution in [0.15, 0.2) is 121 Å². The summed E-state index contributed by atoms with van der Waals surface area (Å²) in [4.78, 5) is 0. The van der Waals surface area contributed by atoms with E-state index in [2.05, 4.69) is 94.8 Å². The third-order valence-corrected chi connectivity index (χ3v) is 17.1. The van der Waals surface area contributed by atoms with Gasteiger partial charge >= 0.3 is 198 Å². The SMILES string of the molecule is O[C@@H](COc1ccccc1)CP(I)(c1ccccc1)(c1ccccc1)c1ccccc1. The molecule has 0 heterocycles. The van der Waals surface area contributed by atoms with Crippen LogP contribution >= 0.6 is 26.3 Å². The van der Waals surface area contributed by atoms with Gasteiger partial charge in [0.15, 0.2) is 0 Å². The molecule has 0 saturated heterocycles. The summed E-state index contributed by atoms with van der Waals surface area (Å²) >= 11 is 2.69. The summed E-state index contributed by atoms with van der Waals surface area (Å²) in [5.41, 5.74) is 0. The van der Waals surface area contributed by atoms with E-state index in [1.165, 1.54) is 15.9 Å². The van der Waals surface area contributed by atoms with Gasteiger partial charge in [0, 0.05) is 0 Å². The summed E-state index contributed by atoms with van der Waals surface area (Å²) in [6, 6.07) is 41.6. The Morgan fingerprint density at radius 1 is 0.613 bits per heavy atom. The van der Waals surface area contributed by atoms with Crippen LogP contribution in [0.25, 0.3) is 0 Å². The van der Waals surface area contributed by atoms with Crippen molar-refractivity contribution >= 4 is 42.2 Å². The molecule has 0 bridgehead atoms. The Labute approximate surface area is 197 Å². The Bertz CT molecular complexity index is 990. The minimum atomic E-state index is -3.00. The number of halogens is 1. The summed E-state index contributed by atoms with van der Waals surface area (Å²) in [5, 5.41) is 15.1. The zero-order valence-corrected chi connectivity index (χ0v) is 20.3. The summed E-state index contributed by atoms with van der Waals surface area (Å²) < 4.78 is 2.93. The average Bonchev–Trinajstić information content (AvgIpc) is 2.85. The van der Waals surface area contributed by atoms with Gasteiger partial charge in [-0.2, -0.15) is 0 Å². The molecule has 4 aromatic carbocycles. The third kappa shape index (κ3) is 4.41. The molecule has 0 aliphatic rings. The molecule has 2 nitrogen and oxygen atoms in total. The molecule has 31 heavy (non-hydrogen) atoms. The quantitative estimate of drug-likeness (QED) is 0.243. The Kier molecular flexibility index (Phi) is 6.76. The van der Waals surface area contributed by atoms with E-state index in [9.17, 15) is 5.11 Å². The molecule has 0 radical (unpaired) electrons. The molecule has 0 spiro atoms. The maximum atomic E-state index is 11.3. The van der Waals surface area contributed by atoms with Crippen LogP contribution in [0.3, 0.4) is 0 Å². The molecule has 0 aliphatic carbocycles. The number of hydrogen-bond donors (Lipinski definition) is 1. The van der Waals surface area contributed by atoms with Crippen LogP contribution in [0.4, 0.5) is 0 Å². The second kappa shape index (κ2) is 9.52. The van der Waals surface area contributed by atoms with E-state index < -0.39 is 10.3 Å². The van der Waals surface area contributed by atoms with Gasteiger partial charge in [-0.05, 0) is 0 Å². The van der Waals surface area contributed by atoms with Crippen LogP contribution in [0.1, 0.15) is 0 Å². The van der Waals surface area contributed by atoms with Crippen molar-refractivity contribution in [3.8, 4) is 5.75 Å². The van der Waals surface area contributed by atoms with Crippen molar-refractivity contribution in [2.75, 3.05) is 12.8 Å². The van der Waals surface area contributed by atoms with Gasteiger partial charge in [0.25, 0.3) is 0 Å². The number of benzene rings is 4. The van der Waals surface area contributed by atoms with Crippen molar-refractivity contribution in [1.29, 1.82) is 0 Å². The number of para-hydroxylation sites is 1. The van der Waals surface area contributed by atoms with Crippen LogP contribution in [-0.4, -0.2) is 24.0 Å². The zero-order chi connectivity index (χ0) is 21.6. The van der Waals surface area contributed by atoms with Crippen molar-refractivity contribution in [2.24, 2.45) is 0 Å². The monoisotopic (exact) mass is 540 g/mol. The van der Waals surface area contributed by atoms with Crippen molar-refractivity contribution < 1.29 is 9.84 Å². The van der Waals surface area contributed by atoms with E-state index in [0.717, 1.165) is 5.75 Å². The molecular weight excluding hydrogens is 514 g/mol. The average molecular weight is 540 g/mol. The second-order valence-corrected chi connectivity index (χ2v) is 18.3.